The Hall–Kier alpha value is -2.27. The fourth-order valence-electron chi connectivity index (χ4n) is 5.30. The van der Waals surface area contributed by atoms with Gasteiger partial charge < -0.3 is 9.80 Å². The predicted molar refractivity (Wildman–Crippen MR) is 150 cm³/mol. The number of hydrogen-bond acceptors (Lipinski definition) is 2. The van der Waals surface area contributed by atoms with E-state index in [4.69, 9.17) is 0 Å². The highest BCUT2D eigenvalue weighted by molar-refractivity contribution is 14.0. The summed E-state index contributed by atoms with van der Waals surface area (Å²) in [5.41, 5.74) is 6.89. The number of halogens is 1. The number of anilines is 2. The zero-order valence-electron chi connectivity index (χ0n) is 20.0. The number of allylic oxidation sites excluding steroid dienone is 7. The Morgan fingerprint density at radius 2 is 1.28 bits per heavy atom. The Morgan fingerprint density at radius 3 is 1.94 bits per heavy atom. The maximum absolute atomic E-state index is 2.38. The van der Waals surface area contributed by atoms with Crippen molar-refractivity contribution in [2.75, 3.05) is 23.9 Å². The van der Waals surface area contributed by atoms with Gasteiger partial charge in [0.05, 0.1) is 6.04 Å². The zero-order valence-corrected chi connectivity index (χ0v) is 22.4. The number of para-hydroxylation sites is 2. The molecule has 0 bridgehead atoms. The molecule has 0 radical (unpaired) electrons. The van der Waals surface area contributed by atoms with Crippen LogP contribution in [0, 0.1) is 0 Å². The van der Waals surface area contributed by atoms with Crippen LogP contribution in [0.1, 0.15) is 38.8 Å². The third-order valence-electron chi connectivity index (χ3n) is 7.07. The number of fused-ring (bicyclic) bond motifs is 2. The van der Waals surface area contributed by atoms with E-state index in [2.05, 4.69) is 143 Å². The molecule has 0 aromatic heterocycles. The van der Waals surface area contributed by atoms with Gasteiger partial charge in [-0.05, 0) is 29.3 Å². The largest absolute Gasteiger partial charge is 0.367 e. The minimum Gasteiger partial charge on any atom is -0.367 e. The van der Waals surface area contributed by atoms with Gasteiger partial charge in [0.1, 0.15) is 0 Å². The summed E-state index contributed by atoms with van der Waals surface area (Å²) in [6.45, 7) is 9.26. The molecule has 32 heavy (non-hydrogen) atoms. The molecule has 0 spiro atoms. The van der Waals surface area contributed by atoms with Crippen molar-refractivity contribution in [3.05, 3.63) is 108 Å². The van der Waals surface area contributed by atoms with Crippen molar-refractivity contribution in [3.8, 4) is 0 Å². The first-order valence-corrected chi connectivity index (χ1v) is 11.1. The highest BCUT2D eigenvalue weighted by Gasteiger charge is 2.41. The molecular formula is C29H35IN2. The van der Waals surface area contributed by atoms with Crippen molar-refractivity contribution in [2.45, 2.75) is 44.6 Å². The van der Waals surface area contributed by atoms with Gasteiger partial charge in [0.25, 0.3) is 0 Å². The molecule has 168 valence electrons. The summed E-state index contributed by atoms with van der Waals surface area (Å²) < 4.78 is 0. The van der Waals surface area contributed by atoms with Gasteiger partial charge in [0, 0.05) is 42.0 Å². The van der Waals surface area contributed by atoms with E-state index in [1.165, 1.54) is 28.2 Å². The molecule has 3 heteroatoms. The van der Waals surface area contributed by atoms with Crippen molar-refractivity contribution in [1.29, 1.82) is 0 Å². The predicted octanol–water partition coefficient (Wildman–Crippen LogP) is 7.38. The molecule has 0 N–H and O–H groups in total. The molecule has 2 nitrogen and oxygen atoms in total. The van der Waals surface area contributed by atoms with Crippen molar-refractivity contribution in [1.82, 2.24) is 0 Å². The first kappa shape index (κ1) is 24.4. The van der Waals surface area contributed by atoms with Gasteiger partial charge in [0.15, 0.2) is 0 Å². The Labute approximate surface area is 211 Å². The Bertz CT molecular complexity index is 1090. The first-order chi connectivity index (χ1) is 14.8. The van der Waals surface area contributed by atoms with Crippen LogP contribution in [0.4, 0.5) is 11.4 Å². The van der Waals surface area contributed by atoms with Crippen LogP contribution in [0.25, 0.3) is 0 Å². The van der Waals surface area contributed by atoms with Crippen LogP contribution in [0.2, 0.25) is 0 Å². The highest BCUT2D eigenvalue weighted by Crippen LogP contribution is 2.46. The second-order valence-electron chi connectivity index (χ2n) is 9.70. The third kappa shape index (κ3) is 4.07. The van der Waals surface area contributed by atoms with Gasteiger partial charge in [-0.25, -0.2) is 0 Å². The molecule has 2 aromatic rings. The molecule has 1 atom stereocenters. The molecule has 2 aliphatic heterocycles. The summed E-state index contributed by atoms with van der Waals surface area (Å²) in [5.74, 6) is 0. The van der Waals surface area contributed by atoms with E-state index in [0.717, 1.165) is 0 Å². The van der Waals surface area contributed by atoms with Crippen molar-refractivity contribution >= 4 is 35.4 Å². The maximum atomic E-state index is 2.38. The van der Waals surface area contributed by atoms with E-state index < -0.39 is 0 Å². The Kier molecular flexibility index (Phi) is 7.09. The van der Waals surface area contributed by atoms with Crippen LogP contribution >= 0.6 is 24.0 Å². The van der Waals surface area contributed by atoms with Crippen LogP contribution in [-0.2, 0) is 10.8 Å². The molecule has 0 saturated heterocycles. The number of nitrogens with zero attached hydrogens (tertiary/aromatic N) is 2. The average molecular weight is 539 g/mol. The van der Waals surface area contributed by atoms with E-state index in [1.807, 2.05) is 0 Å². The number of likely N-dealkylation sites (N-methyl/N-ethyl adjacent to an activating group) is 2. The second-order valence-corrected chi connectivity index (χ2v) is 9.70. The summed E-state index contributed by atoms with van der Waals surface area (Å²) in [5, 5.41) is 0. The lowest BCUT2D eigenvalue weighted by Gasteiger charge is -2.29. The monoisotopic (exact) mass is 538 g/mol. The van der Waals surface area contributed by atoms with E-state index >= 15 is 0 Å². The van der Waals surface area contributed by atoms with Gasteiger partial charge in [-0.15, -0.1) is 24.0 Å². The summed E-state index contributed by atoms with van der Waals surface area (Å²) >= 11 is 0. The Balaban J connectivity index is 0.00000289. The summed E-state index contributed by atoms with van der Waals surface area (Å²) in [6, 6.07) is 17.8. The van der Waals surface area contributed by atoms with E-state index in [1.54, 1.807) is 0 Å². The van der Waals surface area contributed by atoms with Crippen molar-refractivity contribution in [2.24, 2.45) is 0 Å². The molecule has 0 aliphatic carbocycles. The van der Waals surface area contributed by atoms with E-state index in [9.17, 15) is 0 Å². The topological polar surface area (TPSA) is 6.48 Å². The van der Waals surface area contributed by atoms with Crippen LogP contribution in [0.5, 0.6) is 0 Å². The second kappa shape index (κ2) is 9.30. The van der Waals surface area contributed by atoms with Crippen LogP contribution in [0.3, 0.4) is 0 Å². The van der Waals surface area contributed by atoms with Crippen molar-refractivity contribution in [3.63, 3.8) is 0 Å². The zero-order chi connectivity index (χ0) is 22.2. The minimum absolute atomic E-state index is 0. The van der Waals surface area contributed by atoms with Gasteiger partial charge in [0.2, 0.25) is 0 Å². The van der Waals surface area contributed by atoms with E-state index in [-0.39, 0.29) is 34.8 Å². The van der Waals surface area contributed by atoms with Gasteiger partial charge >= 0.3 is 0 Å². The van der Waals surface area contributed by atoms with Crippen LogP contribution < -0.4 is 9.80 Å². The number of benzene rings is 2. The molecule has 2 heterocycles. The lowest BCUT2D eigenvalue weighted by Crippen LogP contribution is -2.37. The Morgan fingerprint density at radius 1 is 0.719 bits per heavy atom. The van der Waals surface area contributed by atoms with Crippen LogP contribution in [0.15, 0.2) is 96.8 Å². The number of hydrogen-bond donors (Lipinski definition) is 0. The smallest absolute Gasteiger partial charge is 0.0565 e. The SMILES string of the molecule is CN1C(=CC=CC=CC=CC2N(C)c3ccccc3C2(C)C)C(C)(C)c2ccccc21.I. The third-order valence-corrected chi connectivity index (χ3v) is 7.07. The van der Waals surface area contributed by atoms with Crippen molar-refractivity contribution < 1.29 is 0 Å². The summed E-state index contributed by atoms with van der Waals surface area (Å²) in [7, 11) is 4.35. The molecular weight excluding hydrogens is 503 g/mol. The minimum atomic E-state index is 0. The molecule has 4 rings (SSSR count). The lowest BCUT2D eigenvalue weighted by molar-refractivity contribution is 0.488. The number of rotatable bonds is 4. The van der Waals surface area contributed by atoms with Gasteiger partial charge in [-0.1, -0.05) is 101 Å². The van der Waals surface area contributed by atoms with Gasteiger partial charge in [-0.3, -0.25) is 0 Å². The highest BCUT2D eigenvalue weighted by atomic mass is 127. The average Bonchev–Trinajstić information content (AvgIpc) is 3.07. The molecule has 0 saturated carbocycles. The first-order valence-electron chi connectivity index (χ1n) is 11.1. The molecule has 2 aliphatic rings. The van der Waals surface area contributed by atoms with Gasteiger partial charge in [-0.2, -0.15) is 0 Å². The fourth-order valence-corrected chi connectivity index (χ4v) is 5.30. The molecule has 2 aromatic carbocycles. The summed E-state index contributed by atoms with van der Waals surface area (Å²) in [6.07, 6.45) is 15.2. The quantitative estimate of drug-likeness (QED) is 0.296. The molecule has 1 unspecified atom stereocenters. The fraction of sp³-hybridized carbons (Fsp3) is 0.310. The lowest BCUT2D eigenvalue weighted by atomic mass is 9.80. The standard InChI is InChI=1S/C29H34N2.HI/c1-28(2)22-16-12-14-18-24(22)30(5)26(28)20-10-8-7-9-11-21-27-29(3,4)23-17-13-15-19-25(23)31(27)6;/h7-21,26H,1-6H3;1H. The maximum Gasteiger partial charge on any atom is 0.0565 e. The van der Waals surface area contributed by atoms with E-state index in [0.29, 0.717) is 6.04 Å². The molecule has 0 fully saturated rings. The molecule has 0 amide bonds. The summed E-state index contributed by atoms with van der Waals surface area (Å²) in [4.78, 5) is 4.69. The van der Waals surface area contributed by atoms with Crippen LogP contribution in [-0.4, -0.2) is 20.1 Å². The normalized spacial score (nSPS) is 22.2.